The van der Waals surface area contributed by atoms with Crippen molar-refractivity contribution in [3.63, 3.8) is 0 Å². The van der Waals surface area contributed by atoms with Crippen molar-refractivity contribution in [3.8, 4) is 0 Å². The van der Waals surface area contributed by atoms with Gasteiger partial charge in [0.05, 0.1) is 0 Å². The lowest BCUT2D eigenvalue weighted by Gasteiger charge is -2.28. The number of carbonyl (C=O) groups is 1. The number of hydrogen-bond acceptors (Lipinski definition) is 6. The van der Waals surface area contributed by atoms with Crippen LogP contribution in [0.15, 0.2) is 9.52 Å². The molecule has 0 fully saturated rings. The fourth-order valence-electron chi connectivity index (χ4n) is 2.74. The van der Waals surface area contributed by atoms with Gasteiger partial charge in [-0.1, -0.05) is 19.0 Å². The molecule has 9 nitrogen and oxygen atoms in total. The summed E-state index contributed by atoms with van der Waals surface area (Å²) in [6.45, 7) is 13.1. The van der Waals surface area contributed by atoms with Crippen molar-refractivity contribution in [2.45, 2.75) is 72.4 Å². The van der Waals surface area contributed by atoms with Gasteiger partial charge in [-0.15, -0.1) is 24.0 Å². The summed E-state index contributed by atoms with van der Waals surface area (Å²) in [4.78, 5) is 22.7. The van der Waals surface area contributed by atoms with Gasteiger partial charge in [0.2, 0.25) is 5.89 Å². The molecule has 0 spiro atoms. The largest absolute Gasteiger partial charge is 0.444 e. The van der Waals surface area contributed by atoms with Crippen LogP contribution < -0.4 is 10.6 Å². The Hall–Kier alpha value is -1.59. The maximum atomic E-state index is 12.1. The third-order valence-electron chi connectivity index (χ3n) is 4.28. The number of aromatic nitrogens is 2. The highest BCUT2D eigenvalue weighted by molar-refractivity contribution is 14.0. The van der Waals surface area contributed by atoms with Crippen LogP contribution in [0.4, 0.5) is 4.79 Å². The molecular weight excluding hydrogens is 499 g/mol. The van der Waals surface area contributed by atoms with E-state index in [4.69, 9.17) is 9.26 Å². The second-order valence-electron chi connectivity index (χ2n) is 8.52. The van der Waals surface area contributed by atoms with Crippen molar-refractivity contribution >= 4 is 36.0 Å². The molecule has 174 valence electrons. The van der Waals surface area contributed by atoms with Gasteiger partial charge in [0, 0.05) is 39.6 Å². The van der Waals surface area contributed by atoms with Crippen molar-refractivity contribution < 1.29 is 14.1 Å². The van der Waals surface area contributed by atoms with Crippen molar-refractivity contribution in [2.24, 2.45) is 10.9 Å². The Morgan fingerprint density at radius 2 is 2.00 bits per heavy atom. The zero-order chi connectivity index (χ0) is 22.0. The average molecular weight is 538 g/mol. The fourth-order valence-corrected chi connectivity index (χ4v) is 2.74. The van der Waals surface area contributed by atoms with Gasteiger partial charge >= 0.3 is 6.09 Å². The minimum absolute atomic E-state index is 0. The Kier molecular flexibility index (Phi) is 12.9. The number of nitrogens with zero attached hydrogens (tertiary/aromatic N) is 4. The van der Waals surface area contributed by atoms with Gasteiger partial charge in [-0.3, -0.25) is 4.99 Å². The summed E-state index contributed by atoms with van der Waals surface area (Å²) in [5.74, 6) is 2.42. The molecule has 1 rings (SSSR count). The first-order valence-electron chi connectivity index (χ1n) is 10.2. The van der Waals surface area contributed by atoms with Gasteiger partial charge < -0.3 is 24.8 Å². The van der Waals surface area contributed by atoms with Crippen molar-refractivity contribution in [1.29, 1.82) is 0 Å². The highest BCUT2D eigenvalue weighted by Crippen LogP contribution is 2.11. The smallest absolute Gasteiger partial charge is 0.407 e. The summed E-state index contributed by atoms with van der Waals surface area (Å²) in [5.41, 5.74) is -0.506. The van der Waals surface area contributed by atoms with Gasteiger partial charge in [0.25, 0.3) is 0 Å². The third kappa shape index (κ3) is 11.6. The number of nitrogens with one attached hydrogen (secondary N) is 2. The molecule has 0 aliphatic carbocycles. The number of aryl methyl sites for hydroxylation is 2. The standard InChI is InChI=1S/C20H38N6O3.HI/c1-14(2)16(24-19(27)28-20(4,5)6)11-13-26(8)18(21-7)22-12-9-10-17-23-15(3)25-29-17;/h14,16H,9-13H2,1-8H3,(H,21,22)(H,24,27);1H. The van der Waals surface area contributed by atoms with E-state index in [0.29, 0.717) is 17.6 Å². The Morgan fingerprint density at radius 1 is 1.33 bits per heavy atom. The summed E-state index contributed by atoms with van der Waals surface area (Å²) in [6.07, 6.45) is 2.00. The monoisotopic (exact) mass is 538 g/mol. The first-order valence-corrected chi connectivity index (χ1v) is 10.2. The van der Waals surface area contributed by atoms with E-state index in [-0.39, 0.29) is 36.1 Å². The zero-order valence-corrected chi connectivity index (χ0v) is 21.9. The topological polar surface area (TPSA) is 105 Å². The summed E-state index contributed by atoms with van der Waals surface area (Å²) < 4.78 is 10.5. The molecule has 10 heteroatoms. The SMILES string of the molecule is CN=C(NCCCc1nc(C)no1)N(C)CCC(NC(=O)OC(C)(C)C)C(C)C.I. The van der Waals surface area contributed by atoms with Crippen LogP contribution in [-0.4, -0.2) is 65.9 Å². The van der Waals surface area contributed by atoms with E-state index >= 15 is 0 Å². The summed E-state index contributed by atoms with van der Waals surface area (Å²) in [6, 6.07) is 0.0196. The van der Waals surface area contributed by atoms with Crippen LogP contribution in [0.3, 0.4) is 0 Å². The van der Waals surface area contributed by atoms with Gasteiger partial charge in [0.15, 0.2) is 11.8 Å². The minimum Gasteiger partial charge on any atom is -0.444 e. The van der Waals surface area contributed by atoms with E-state index in [9.17, 15) is 4.79 Å². The van der Waals surface area contributed by atoms with Crippen LogP contribution in [-0.2, 0) is 11.2 Å². The van der Waals surface area contributed by atoms with Crippen LogP contribution in [0.25, 0.3) is 0 Å². The number of amides is 1. The Bertz CT molecular complexity index is 657. The Morgan fingerprint density at radius 3 is 2.50 bits per heavy atom. The van der Waals surface area contributed by atoms with E-state index in [2.05, 4.69) is 44.5 Å². The van der Waals surface area contributed by atoms with Gasteiger partial charge in [0.1, 0.15) is 5.60 Å². The molecule has 0 bridgehead atoms. The third-order valence-corrected chi connectivity index (χ3v) is 4.28. The van der Waals surface area contributed by atoms with E-state index in [0.717, 1.165) is 38.3 Å². The second-order valence-corrected chi connectivity index (χ2v) is 8.52. The van der Waals surface area contributed by atoms with Crippen molar-refractivity contribution in [2.75, 3.05) is 27.2 Å². The van der Waals surface area contributed by atoms with Gasteiger partial charge in [-0.05, 0) is 46.5 Å². The lowest BCUT2D eigenvalue weighted by atomic mass is 10.0. The van der Waals surface area contributed by atoms with Crippen LogP contribution in [0.1, 0.15) is 59.2 Å². The first-order chi connectivity index (χ1) is 13.5. The van der Waals surface area contributed by atoms with Crippen LogP contribution in [0.5, 0.6) is 0 Å². The minimum atomic E-state index is -0.506. The van der Waals surface area contributed by atoms with E-state index < -0.39 is 5.60 Å². The lowest BCUT2D eigenvalue weighted by Crippen LogP contribution is -2.45. The van der Waals surface area contributed by atoms with Gasteiger partial charge in [-0.25, -0.2) is 4.79 Å². The molecule has 1 heterocycles. The molecule has 0 aliphatic rings. The molecule has 0 radical (unpaired) electrons. The number of hydrogen-bond donors (Lipinski definition) is 2. The first kappa shape index (κ1) is 28.4. The number of ether oxygens (including phenoxy) is 1. The predicted molar refractivity (Wildman–Crippen MR) is 129 cm³/mol. The molecule has 0 saturated heterocycles. The van der Waals surface area contributed by atoms with Crippen LogP contribution in [0.2, 0.25) is 0 Å². The number of carbonyl (C=O) groups excluding carboxylic acids is 1. The van der Waals surface area contributed by atoms with E-state index in [1.807, 2.05) is 34.7 Å². The zero-order valence-electron chi connectivity index (χ0n) is 19.6. The summed E-state index contributed by atoms with van der Waals surface area (Å²) in [5, 5.41) is 10.1. The van der Waals surface area contributed by atoms with E-state index in [1.54, 1.807) is 7.05 Å². The average Bonchev–Trinajstić information content (AvgIpc) is 3.01. The maximum absolute atomic E-state index is 12.1. The molecule has 1 aromatic rings. The number of aliphatic imine (C=N–C) groups is 1. The van der Waals surface area contributed by atoms with E-state index in [1.165, 1.54) is 0 Å². The normalized spacial score (nSPS) is 12.9. The molecular formula is C20H39IN6O3. The van der Waals surface area contributed by atoms with Crippen LogP contribution >= 0.6 is 24.0 Å². The maximum Gasteiger partial charge on any atom is 0.407 e. The number of rotatable bonds is 9. The molecule has 1 aromatic heterocycles. The Labute approximate surface area is 197 Å². The van der Waals surface area contributed by atoms with Gasteiger partial charge in [-0.2, -0.15) is 4.98 Å². The van der Waals surface area contributed by atoms with Crippen molar-refractivity contribution in [1.82, 2.24) is 25.7 Å². The fraction of sp³-hybridized carbons (Fsp3) is 0.800. The Balaban J connectivity index is 0.00000841. The highest BCUT2D eigenvalue weighted by Gasteiger charge is 2.22. The molecule has 0 aliphatic heterocycles. The van der Waals surface area contributed by atoms with Crippen molar-refractivity contribution in [3.05, 3.63) is 11.7 Å². The molecule has 0 saturated carbocycles. The molecule has 1 unspecified atom stereocenters. The summed E-state index contributed by atoms with van der Waals surface area (Å²) in [7, 11) is 3.75. The molecule has 30 heavy (non-hydrogen) atoms. The van der Waals surface area contributed by atoms with Crippen LogP contribution in [0, 0.1) is 12.8 Å². The molecule has 1 amide bonds. The predicted octanol–water partition coefficient (Wildman–Crippen LogP) is 3.38. The molecule has 0 aromatic carbocycles. The number of guanidine groups is 1. The second kappa shape index (κ2) is 13.7. The number of halogens is 1. The lowest BCUT2D eigenvalue weighted by molar-refractivity contribution is 0.0486. The quantitative estimate of drug-likeness (QED) is 0.215. The summed E-state index contributed by atoms with van der Waals surface area (Å²) >= 11 is 0. The highest BCUT2D eigenvalue weighted by atomic mass is 127. The number of alkyl carbamates (subject to hydrolysis) is 1. The molecule has 2 N–H and O–H groups in total. The molecule has 1 atom stereocenters.